The van der Waals surface area contributed by atoms with Crippen molar-refractivity contribution in [3.8, 4) is 0 Å². The Bertz CT molecular complexity index is 600. The molecule has 0 radical (unpaired) electrons. The van der Waals surface area contributed by atoms with Crippen molar-refractivity contribution in [2.24, 2.45) is 0 Å². The standard InChI is InChI=1S/C15H25BO5S/c1-11(2)22(19,20)13-9-7-12(8-10-13)16(18)21-15(5,6)14(3,4)17/h7-11,17-18H,1-6H3. The van der Waals surface area contributed by atoms with E-state index in [1.807, 2.05) is 0 Å². The van der Waals surface area contributed by atoms with Gasteiger partial charge in [-0.05, 0) is 59.1 Å². The van der Waals surface area contributed by atoms with Gasteiger partial charge in [0.2, 0.25) is 0 Å². The molecule has 0 heterocycles. The summed E-state index contributed by atoms with van der Waals surface area (Å²) in [6.45, 7) is 9.78. The van der Waals surface area contributed by atoms with E-state index < -0.39 is 33.4 Å². The lowest BCUT2D eigenvalue weighted by atomic mass is 9.76. The van der Waals surface area contributed by atoms with Crippen LogP contribution in [-0.4, -0.2) is 42.1 Å². The third kappa shape index (κ3) is 4.10. The highest BCUT2D eigenvalue weighted by atomic mass is 32.2. The first kappa shape index (κ1) is 19.2. The van der Waals surface area contributed by atoms with Crippen LogP contribution in [0.15, 0.2) is 29.2 Å². The summed E-state index contributed by atoms with van der Waals surface area (Å²) in [5.41, 5.74) is -1.69. The number of rotatable bonds is 6. The quantitative estimate of drug-likeness (QED) is 0.765. The topological polar surface area (TPSA) is 83.8 Å². The van der Waals surface area contributed by atoms with E-state index in [0.29, 0.717) is 5.46 Å². The maximum atomic E-state index is 12.0. The average molecular weight is 328 g/mol. The summed E-state index contributed by atoms with van der Waals surface area (Å²) in [4.78, 5) is 0.209. The monoisotopic (exact) mass is 328 g/mol. The van der Waals surface area contributed by atoms with Crippen LogP contribution in [-0.2, 0) is 14.5 Å². The molecule has 1 aromatic carbocycles. The molecule has 0 aromatic heterocycles. The Morgan fingerprint density at radius 2 is 1.55 bits per heavy atom. The van der Waals surface area contributed by atoms with Crippen molar-refractivity contribution in [1.29, 1.82) is 0 Å². The zero-order valence-corrected chi connectivity index (χ0v) is 14.8. The minimum atomic E-state index is -3.34. The number of aliphatic hydroxyl groups is 1. The van der Waals surface area contributed by atoms with Crippen LogP contribution in [0.25, 0.3) is 0 Å². The summed E-state index contributed by atoms with van der Waals surface area (Å²) in [6, 6.07) is 5.93. The molecule has 5 nitrogen and oxygen atoms in total. The number of hydrogen-bond donors (Lipinski definition) is 2. The lowest BCUT2D eigenvalue weighted by Gasteiger charge is -2.38. The summed E-state index contributed by atoms with van der Waals surface area (Å²) in [6.07, 6.45) is 0. The molecule has 0 amide bonds. The van der Waals surface area contributed by atoms with E-state index in [-0.39, 0.29) is 4.90 Å². The minimum Gasteiger partial charge on any atom is -0.423 e. The Balaban J connectivity index is 2.97. The largest absolute Gasteiger partial charge is 0.491 e. The lowest BCUT2D eigenvalue weighted by Crippen LogP contribution is -2.53. The molecule has 0 aliphatic heterocycles. The fourth-order valence-electron chi connectivity index (χ4n) is 1.59. The van der Waals surface area contributed by atoms with Crippen molar-refractivity contribution in [2.75, 3.05) is 0 Å². The molecule has 1 aromatic rings. The van der Waals surface area contributed by atoms with Gasteiger partial charge in [-0.25, -0.2) is 8.42 Å². The number of benzene rings is 1. The van der Waals surface area contributed by atoms with Gasteiger partial charge in [0.15, 0.2) is 9.84 Å². The Kier molecular flexibility index (Phi) is 5.50. The van der Waals surface area contributed by atoms with Crippen LogP contribution >= 0.6 is 0 Å². The van der Waals surface area contributed by atoms with E-state index in [1.165, 1.54) is 24.3 Å². The van der Waals surface area contributed by atoms with E-state index in [4.69, 9.17) is 4.65 Å². The summed E-state index contributed by atoms with van der Waals surface area (Å²) in [5, 5.41) is 19.7. The summed E-state index contributed by atoms with van der Waals surface area (Å²) in [7, 11) is -4.59. The van der Waals surface area contributed by atoms with Gasteiger partial charge in [0, 0.05) is 0 Å². The molecule has 0 saturated heterocycles. The van der Waals surface area contributed by atoms with Gasteiger partial charge in [-0.15, -0.1) is 0 Å². The van der Waals surface area contributed by atoms with Crippen molar-refractivity contribution in [1.82, 2.24) is 0 Å². The van der Waals surface area contributed by atoms with Gasteiger partial charge in [0.1, 0.15) is 0 Å². The Labute approximate surface area is 133 Å². The predicted octanol–water partition coefficient (Wildman–Crippen LogP) is 1.12. The van der Waals surface area contributed by atoms with Crippen LogP contribution in [0.4, 0.5) is 0 Å². The molecule has 2 N–H and O–H groups in total. The SMILES string of the molecule is CC(C)S(=O)(=O)c1ccc(B(O)OC(C)(C)C(C)(C)O)cc1. The first-order valence-corrected chi connectivity index (χ1v) is 8.76. The van der Waals surface area contributed by atoms with Crippen molar-refractivity contribution in [2.45, 2.75) is 62.9 Å². The van der Waals surface area contributed by atoms with Crippen LogP contribution < -0.4 is 5.46 Å². The Hall–Kier alpha value is -0.885. The molecule has 0 spiro atoms. The average Bonchev–Trinajstić information content (AvgIpc) is 2.36. The third-order valence-corrected chi connectivity index (χ3v) is 6.16. The van der Waals surface area contributed by atoms with Crippen LogP contribution in [0.2, 0.25) is 0 Å². The van der Waals surface area contributed by atoms with Gasteiger partial charge < -0.3 is 14.8 Å². The highest BCUT2D eigenvalue weighted by Gasteiger charge is 2.39. The van der Waals surface area contributed by atoms with E-state index in [1.54, 1.807) is 41.5 Å². The second-order valence-corrected chi connectivity index (χ2v) is 9.21. The third-order valence-electron chi connectivity index (χ3n) is 3.99. The van der Waals surface area contributed by atoms with Gasteiger partial charge in [0.25, 0.3) is 0 Å². The molecule has 0 fully saturated rings. The number of hydrogen-bond acceptors (Lipinski definition) is 5. The predicted molar refractivity (Wildman–Crippen MR) is 87.8 cm³/mol. The fraction of sp³-hybridized carbons (Fsp3) is 0.600. The van der Waals surface area contributed by atoms with E-state index in [0.717, 1.165) is 0 Å². The van der Waals surface area contributed by atoms with Crippen molar-refractivity contribution in [3.63, 3.8) is 0 Å². The van der Waals surface area contributed by atoms with Crippen LogP contribution in [0.1, 0.15) is 41.5 Å². The molecule has 22 heavy (non-hydrogen) atoms. The molecule has 124 valence electrons. The minimum absolute atomic E-state index is 0.209. The summed E-state index contributed by atoms with van der Waals surface area (Å²) < 4.78 is 29.6. The molecule has 1 rings (SSSR count). The van der Waals surface area contributed by atoms with Gasteiger partial charge in [-0.1, -0.05) is 12.1 Å². The molecule has 7 heteroatoms. The zero-order chi connectivity index (χ0) is 17.3. The molecular formula is C15H25BO5S. The van der Waals surface area contributed by atoms with Crippen molar-refractivity contribution < 1.29 is 23.2 Å². The Morgan fingerprint density at radius 1 is 1.09 bits per heavy atom. The first-order chi connectivity index (χ1) is 9.79. The van der Waals surface area contributed by atoms with Crippen molar-refractivity contribution in [3.05, 3.63) is 24.3 Å². The van der Waals surface area contributed by atoms with E-state index >= 15 is 0 Å². The second kappa shape index (κ2) is 6.32. The highest BCUT2D eigenvalue weighted by Crippen LogP contribution is 2.25. The second-order valence-electron chi connectivity index (χ2n) is 6.70. The Morgan fingerprint density at radius 3 is 1.91 bits per heavy atom. The van der Waals surface area contributed by atoms with Gasteiger partial charge in [0.05, 0.1) is 21.3 Å². The molecule has 0 atom stereocenters. The maximum Gasteiger partial charge on any atom is 0.491 e. The lowest BCUT2D eigenvalue weighted by molar-refractivity contribution is -0.0982. The number of sulfone groups is 1. The molecule has 0 saturated carbocycles. The van der Waals surface area contributed by atoms with Gasteiger partial charge in [-0.3, -0.25) is 0 Å². The highest BCUT2D eigenvalue weighted by molar-refractivity contribution is 7.92. The van der Waals surface area contributed by atoms with E-state index in [9.17, 15) is 18.5 Å². The van der Waals surface area contributed by atoms with Crippen LogP contribution in [0.5, 0.6) is 0 Å². The van der Waals surface area contributed by atoms with Gasteiger partial charge >= 0.3 is 7.12 Å². The summed E-state index contributed by atoms with van der Waals surface area (Å²) in [5.74, 6) is 0. The molecule has 0 aliphatic carbocycles. The van der Waals surface area contributed by atoms with Crippen LogP contribution in [0, 0.1) is 0 Å². The molecule has 0 aliphatic rings. The zero-order valence-electron chi connectivity index (χ0n) is 14.0. The maximum absolute atomic E-state index is 12.0. The summed E-state index contributed by atoms with van der Waals surface area (Å²) >= 11 is 0. The van der Waals surface area contributed by atoms with Gasteiger partial charge in [-0.2, -0.15) is 0 Å². The smallest absolute Gasteiger partial charge is 0.423 e. The van der Waals surface area contributed by atoms with Crippen LogP contribution in [0.3, 0.4) is 0 Å². The van der Waals surface area contributed by atoms with E-state index in [2.05, 4.69) is 0 Å². The molecule has 0 bridgehead atoms. The first-order valence-electron chi connectivity index (χ1n) is 7.21. The fourth-order valence-corrected chi connectivity index (χ4v) is 2.65. The molecule has 0 unspecified atom stereocenters. The van der Waals surface area contributed by atoms with Crippen molar-refractivity contribution >= 4 is 22.4 Å². The molecular weight excluding hydrogens is 303 g/mol. The normalized spacial score (nSPS) is 13.5.